The van der Waals surface area contributed by atoms with E-state index in [1.807, 2.05) is 12.1 Å². The number of carbonyl (C=O) groups is 2. The lowest BCUT2D eigenvalue weighted by Crippen LogP contribution is -2.12. The first kappa shape index (κ1) is 16.7. The van der Waals surface area contributed by atoms with Crippen molar-refractivity contribution in [2.75, 3.05) is 6.61 Å². The summed E-state index contributed by atoms with van der Waals surface area (Å²) in [6.45, 7) is 0.555. The van der Waals surface area contributed by atoms with E-state index in [0.29, 0.717) is 12.4 Å². The molecule has 0 heterocycles. The van der Waals surface area contributed by atoms with Crippen LogP contribution in [0.4, 0.5) is 0 Å². The highest BCUT2D eigenvalue weighted by Gasteiger charge is 2.13. The lowest BCUT2D eigenvalue weighted by Gasteiger charge is -2.07. The van der Waals surface area contributed by atoms with Crippen LogP contribution in [0.3, 0.4) is 0 Å². The minimum absolute atomic E-state index is 0.149. The third kappa shape index (κ3) is 4.23. The lowest BCUT2D eigenvalue weighted by molar-refractivity contribution is -0.131. The van der Waals surface area contributed by atoms with E-state index in [4.69, 9.17) is 9.84 Å². The Morgan fingerprint density at radius 2 is 1.60 bits per heavy atom. The van der Waals surface area contributed by atoms with Crippen LogP contribution in [0.5, 0.6) is 5.75 Å². The fraction of sp³-hybridized carbons (Fsp3) is 0.143. The summed E-state index contributed by atoms with van der Waals surface area (Å²) in [6, 6.07) is 20.9. The van der Waals surface area contributed by atoms with Gasteiger partial charge in [0.2, 0.25) is 0 Å². The van der Waals surface area contributed by atoms with Crippen LogP contribution in [0.15, 0.2) is 66.7 Å². The smallest absolute Gasteiger partial charge is 0.377 e. The molecule has 0 radical (unpaired) electrons. The summed E-state index contributed by atoms with van der Waals surface area (Å²) in [4.78, 5) is 22.0. The highest BCUT2D eigenvalue weighted by atomic mass is 16.5. The highest BCUT2D eigenvalue weighted by molar-refractivity contribution is 6.39. The molecule has 0 amide bonds. The van der Waals surface area contributed by atoms with Crippen LogP contribution in [-0.2, 0) is 11.2 Å². The Kier molecular flexibility index (Phi) is 5.09. The number of Topliss-reactive ketones (excluding diaryl/α,β-unsaturated/α-hetero) is 1. The molecule has 0 unspecified atom stereocenters. The van der Waals surface area contributed by atoms with Crippen LogP contribution in [-0.4, -0.2) is 23.5 Å². The molecule has 0 aliphatic rings. The van der Waals surface area contributed by atoms with Gasteiger partial charge >= 0.3 is 5.97 Å². The monoisotopic (exact) mass is 334 g/mol. The van der Waals surface area contributed by atoms with Crippen LogP contribution in [0, 0.1) is 0 Å². The SMILES string of the molecule is O=C(O)C(=O)c1ccc(OCCCc2ccc3ccccc3c2)cc1. The minimum atomic E-state index is -1.45. The molecule has 0 spiro atoms. The van der Waals surface area contributed by atoms with Crippen LogP contribution < -0.4 is 4.74 Å². The number of ketones is 1. The molecule has 0 saturated heterocycles. The average molecular weight is 334 g/mol. The summed E-state index contributed by atoms with van der Waals surface area (Å²) in [5.74, 6) is -1.74. The largest absolute Gasteiger partial charge is 0.494 e. The molecule has 0 atom stereocenters. The predicted molar refractivity (Wildman–Crippen MR) is 96.2 cm³/mol. The molecule has 0 bridgehead atoms. The van der Waals surface area contributed by atoms with Crippen LogP contribution >= 0.6 is 0 Å². The first-order valence-electron chi connectivity index (χ1n) is 8.11. The summed E-state index contributed by atoms with van der Waals surface area (Å²) in [6.07, 6.45) is 1.79. The van der Waals surface area contributed by atoms with Crippen molar-refractivity contribution in [3.8, 4) is 5.75 Å². The molecule has 25 heavy (non-hydrogen) atoms. The molecule has 0 aliphatic carbocycles. The molecule has 1 N–H and O–H groups in total. The number of aryl methyl sites for hydroxylation is 1. The molecule has 0 saturated carbocycles. The summed E-state index contributed by atoms with van der Waals surface area (Å²) >= 11 is 0. The minimum Gasteiger partial charge on any atom is -0.494 e. The van der Waals surface area contributed by atoms with E-state index in [2.05, 4.69) is 30.3 Å². The number of carbonyl (C=O) groups excluding carboxylic acids is 1. The van der Waals surface area contributed by atoms with Crippen LogP contribution in [0.25, 0.3) is 10.8 Å². The molecule has 3 aromatic rings. The number of benzene rings is 3. The first-order valence-corrected chi connectivity index (χ1v) is 8.11. The van der Waals surface area contributed by atoms with E-state index >= 15 is 0 Å². The first-order chi connectivity index (χ1) is 12.1. The zero-order chi connectivity index (χ0) is 17.6. The summed E-state index contributed by atoms with van der Waals surface area (Å²) < 4.78 is 5.65. The Labute approximate surface area is 145 Å². The van der Waals surface area contributed by atoms with E-state index in [9.17, 15) is 9.59 Å². The second kappa shape index (κ2) is 7.62. The topological polar surface area (TPSA) is 63.6 Å². The number of fused-ring (bicyclic) bond motifs is 1. The fourth-order valence-electron chi connectivity index (χ4n) is 2.69. The molecule has 0 aromatic heterocycles. The van der Waals surface area contributed by atoms with Crippen molar-refractivity contribution in [3.05, 3.63) is 77.9 Å². The van der Waals surface area contributed by atoms with Crippen molar-refractivity contribution >= 4 is 22.5 Å². The van der Waals surface area contributed by atoms with Gasteiger partial charge in [0.1, 0.15) is 5.75 Å². The molecule has 126 valence electrons. The maximum atomic E-state index is 11.3. The summed E-state index contributed by atoms with van der Waals surface area (Å²) in [5.41, 5.74) is 1.42. The van der Waals surface area contributed by atoms with Gasteiger partial charge in [0, 0.05) is 5.56 Å². The van der Waals surface area contributed by atoms with Gasteiger partial charge in [-0.1, -0.05) is 42.5 Å². The van der Waals surface area contributed by atoms with Gasteiger partial charge in [-0.3, -0.25) is 4.79 Å². The lowest BCUT2D eigenvalue weighted by atomic mass is 10.0. The number of aliphatic carboxylic acids is 1. The third-order valence-corrected chi connectivity index (χ3v) is 4.00. The summed E-state index contributed by atoms with van der Waals surface area (Å²) in [5, 5.41) is 11.1. The van der Waals surface area contributed by atoms with E-state index in [-0.39, 0.29) is 5.56 Å². The number of hydrogen-bond donors (Lipinski definition) is 1. The van der Waals surface area contributed by atoms with Crippen molar-refractivity contribution in [1.82, 2.24) is 0 Å². The Morgan fingerprint density at radius 1 is 0.880 bits per heavy atom. The van der Waals surface area contributed by atoms with E-state index in [1.165, 1.54) is 28.5 Å². The zero-order valence-corrected chi connectivity index (χ0v) is 13.6. The second-order valence-electron chi connectivity index (χ2n) is 5.79. The van der Waals surface area contributed by atoms with Crippen molar-refractivity contribution in [3.63, 3.8) is 0 Å². The molecule has 4 nitrogen and oxygen atoms in total. The van der Waals surface area contributed by atoms with Crippen molar-refractivity contribution in [1.29, 1.82) is 0 Å². The Hall–Kier alpha value is -3.14. The molecule has 3 rings (SSSR count). The molecular formula is C21H18O4. The van der Waals surface area contributed by atoms with Gasteiger partial charge in [0.25, 0.3) is 5.78 Å². The second-order valence-corrected chi connectivity index (χ2v) is 5.79. The maximum absolute atomic E-state index is 11.3. The van der Waals surface area contributed by atoms with Gasteiger partial charge in [-0.05, 0) is 53.4 Å². The maximum Gasteiger partial charge on any atom is 0.377 e. The standard InChI is InChI=1S/C21H18O4/c22-20(21(23)24)17-9-11-19(12-10-17)25-13-3-4-15-7-8-16-5-1-2-6-18(16)14-15/h1-2,5-12,14H,3-4,13H2,(H,23,24). The van der Waals surface area contributed by atoms with E-state index < -0.39 is 11.8 Å². The average Bonchev–Trinajstić information content (AvgIpc) is 2.65. The quantitative estimate of drug-likeness (QED) is 0.401. The third-order valence-electron chi connectivity index (χ3n) is 4.00. The van der Waals surface area contributed by atoms with Gasteiger partial charge in [-0.15, -0.1) is 0 Å². The van der Waals surface area contributed by atoms with Gasteiger partial charge in [0.15, 0.2) is 0 Å². The van der Waals surface area contributed by atoms with Crippen molar-refractivity contribution < 1.29 is 19.4 Å². The Morgan fingerprint density at radius 3 is 2.32 bits per heavy atom. The Balaban J connectivity index is 1.50. The van der Waals surface area contributed by atoms with Gasteiger partial charge in [-0.25, -0.2) is 4.79 Å². The van der Waals surface area contributed by atoms with Gasteiger partial charge in [-0.2, -0.15) is 0 Å². The number of rotatable bonds is 7. The van der Waals surface area contributed by atoms with Crippen molar-refractivity contribution in [2.45, 2.75) is 12.8 Å². The van der Waals surface area contributed by atoms with Crippen LogP contribution in [0.1, 0.15) is 22.3 Å². The predicted octanol–water partition coefficient (Wildman–Crippen LogP) is 4.12. The molecular weight excluding hydrogens is 316 g/mol. The summed E-state index contributed by atoms with van der Waals surface area (Å²) in [7, 11) is 0. The molecule has 4 heteroatoms. The normalized spacial score (nSPS) is 10.6. The highest BCUT2D eigenvalue weighted by Crippen LogP contribution is 2.17. The van der Waals surface area contributed by atoms with E-state index in [1.54, 1.807) is 12.1 Å². The zero-order valence-electron chi connectivity index (χ0n) is 13.6. The Bertz CT molecular complexity index is 897. The van der Waals surface area contributed by atoms with Gasteiger partial charge < -0.3 is 9.84 Å². The molecule has 3 aromatic carbocycles. The number of ether oxygens (including phenoxy) is 1. The number of hydrogen-bond acceptors (Lipinski definition) is 3. The molecule has 0 aliphatic heterocycles. The number of carboxylic acids is 1. The molecule has 0 fully saturated rings. The van der Waals surface area contributed by atoms with Crippen LogP contribution in [0.2, 0.25) is 0 Å². The van der Waals surface area contributed by atoms with Gasteiger partial charge in [0.05, 0.1) is 6.61 Å². The number of carboxylic acid groups (broad SMARTS) is 1. The fourth-order valence-corrected chi connectivity index (χ4v) is 2.69. The van der Waals surface area contributed by atoms with E-state index in [0.717, 1.165) is 12.8 Å². The van der Waals surface area contributed by atoms with Crippen molar-refractivity contribution in [2.24, 2.45) is 0 Å².